The van der Waals surface area contributed by atoms with Crippen LogP contribution in [0.3, 0.4) is 0 Å². The van der Waals surface area contributed by atoms with E-state index >= 15 is 0 Å². The van der Waals surface area contributed by atoms with Gasteiger partial charge in [0.2, 0.25) is 5.91 Å². The lowest BCUT2D eigenvalue weighted by Crippen LogP contribution is -2.42. The number of fused-ring (bicyclic) bond motifs is 1. The van der Waals surface area contributed by atoms with Crippen LogP contribution in [0.25, 0.3) is 10.8 Å². The molecule has 3 rings (SSSR count). The van der Waals surface area contributed by atoms with Crippen LogP contribution in [0, 0.1) is 6.92 Å². The lowest BCUT2D eigenvalue weighted by molar-refractivity contribution is -0.137. The largest absolute Gasteiger partial charge is 0.387 e. The van der Waals surface area contributed by atoms with Crippen LogP contribution in [0.5, 0.6) is 0 Å². The molecule has 1 aliphatic heterocycles. The maximum Gasteiger partial charge on any atom is 0.248 e. The zero-order valence-corrected chi connectivity index (χ0v) is 14.4. The molecule has 7 nitrogen and oxygen atoms in total. The van der Waals surface area contributed by atoms with Gasteiger partial charge in [-0.3, -0.25) is 4.79 Å². The van der Waals surface area contributed by atoms with E-state index in [-0.39, 0.29) is 11.9 Å². The molecule has 124 valence electrons. The van der Waals surface area contributed by atoms with Gasteiger partial charge in [0.05, 0.1) is 17.4 Å². The highest BCUT2D eigenvalue weighted by molar-refractivity contribution is 7.09. The van der Waals surface area contributed by atoms with Crippen molar-refractivity contribution in [2.75, 3.05) is 13.2 Å². The van der Waals surface area contributed by atoms with Gasteiger partial charge in [-0.15, -0.1) is 0 Å². The molecule has 1 unspecified atom stereocenters. The number of hydrogen-bond donors (Lipinski definition) is 1. The minimum atomic E-state index is -0.454. The molecule has 0 aromatic carbocycles. The van der Waals surface area contributed by atoms with Gasteiger partial charge in [-0.25, -0.2) is 9.97 Å². The second kappa shape index (κ2) is 6.37. The second-order valence-electron chi connectivity index (χ2n) is 5.74. The number of imidazole rings is 1. The average molecular weight is 335 g/mol. The Morgan fingerprint density at radius 1 is 1.39 bits per heavy atom. The number of aliphatic hydroxyl groups excluding tert-OH is 1. The quantitative estimate of drug-likeness (QED) is 0.916. The summed E-state index contributed by atoms with van der Waals surface area (Å²) in [5.74, 6) is 1.36. The molecule has 1 atom stereocenters. The van der Waals surface area contributed by atoms with Crippen LogP contribution in [0.15, 0.2) is 0 Å². The number of amides is 1. The Hall–Kier alpha value is -1.80. The van der Waals surface area contributed by atoms with E-state index in [4.69, 9.17) is 4.98 Å². The number of aromatic nitrogens is 4. The third-order valence-electron chi connectivity index (χ3n) is 4.17. The lowest BCUT2D eigenvalue weighted by Gasteiger charge is -2.35. The standard InChI is InChI=1S/C15H21N5O2S/c1-4-5-11-13-9(2)19(12(22)8-21)6-7-20(13)14(17-11)15-16-10(3)18-23-15/h9,21H,4-8H2,1-3H3. The minimum Gasteiger partial charge on any atom is -0.387 e. The van der Waals surface area contributed by atoms with Crippen molar-refractivity contribution in [2.45, 2.75) is 46.2 Å². The van der Waals surface area contributed by atoms with E-state index in [0.717, 1.165) is 40.9 Å². The van der Waals surface area contributed by atoms with E-state index in [9.17, 15) is 9.90 Å². The Bertz CT molecular complexity index is 724. The highest BCUT2D eigenvalue weighted by Gasteiger charge is 2.33. The zero-order chi connectivity index (χ0) is 16.6. The molecule has 3 heterocycles. The van der Waals surface area contributed by atoms with Gasteiger partial charge in [0.1, 0.15) is 12.4 Å². The molecular weight excluding hydrogens is 314 g/mol. The molecule has 0 saturated heterocycles. The monoisotopic (exact) mass is 335 g/mol. The number of hydrogen-bond acceptors (Lipinski definition) is 6. The topological polar surface area (TPSA) is 84.1 Å². The maximum atomic E-state index is 12.0. The van der Waals surface area contributed by atoms with Gasteiger partial charge in [-0.1, -0.05) is 13.3 Å². The van der Waals surface area contributed by atoms with Crippen molar-refractivity contribution < 1.29 is 9.90 Å². The molecule has 0 spiro atoms. The van der Waals surface area contributed by atoms with E-state index in [1.165, 1.54) is 11.5 Å². The van der Waals surface area contributed by atoms with Crippen molar-refractivity contribution in [1.29, 1.82) is 0 Å². The zero-order valence-electron chi connectivity index (χ0n) is 13.6. The maximum absolute atomic E-state index is 12.0. The Morgan fingerprint density at radius 3 is 2.78 bits per heavy atom. The van der Waals surface area contributed by atoms with Crippen molar-refractivity contribution in [1.82, 2.24) is 23.8 Å². The number of rotatable bonds is 4. The number of carbonyl (C=O) groups is 1. The Morgan fingerprint density at radius 2 is 2.17 bits per heavy atom. The van der Waals surface area contributed by atoms with Gasteiger partial charge in [-0.2, -0.15) is 4.37 Å². The fraction of sp³-hybridized carbons (Fsp3) is 0.600. The summed E-state index contributed by atoms with van der Waals surface area (Å²) in [6, 6.07) is -0.0970. The van der Waals surface area contributed by atoms with Gasteiger partial charge < -0.3 is 14.6 Å². The lowest BCUT2D eigenvalue weighted by atomic mass is 10.1. The van der Waals surface area contributed by atoms with Crippen LogP contribution in [0.1, 0.15) is 43.5 Å². The first-order valence-corrected chi connectivity index (χ1v) is 8.64. The molecule has 0 aliphatic carbocycles. The predicted octanol–water partition coefficient (Wildman–Crippen LogP) is 1.56. The van der Waals surface area contributed by atoms with E-state index in [1.54, 1.807) is 4.90 Å². The molecule has 8 heteroatoms. The summed E-state index contributed by atoms with van der Waals surface area (Å²) in [7, 11) is 0. The Balaban J connectivity index is 2.07. The molecule has 0 bridgehead atoms. The van der Waals surface area contributed by atoms with Gasteiger partial charge >= 0.3 is 0 Å². The molecule has 23 heavy (non-hydrogen) atoms. The fourth-order valence-electron chi connectivity index (χ4n) is 3.16. The fourth-order valence-corrected chi connectivity index (χ4v) is 3.83. The highest BCUT2D eigenvalue weighted by Crippen LogP contribution is 2.34. The van der Waals surface area contributed by atoms with E-state index < -0.39 is 6.61 Å². The molecular formula is C15H21N5O2S. The van der Waals surface area contributed by atoms with Crippen LogP contribution in [-0.2, 0) is 17.8 Å². The molecule has 0 radical (unpaired) electrons. The minimum absolute atomic E-state index is 0.0970. The first kappa shape index (κ1) is 16.1. The molecule has 1 amide bonds. The van der Waals surface area contributed by atoms with Crippen molar-refractivity contribution in [3.05, 3.63) is 17.2 Å². The summed E-state index contributed by atoms with van der Waals surface area (Å²) in [6.07, 6.45) is 1.85. The Kier molecular flexibility index (Phi) is 4.45. The normalized spacial score (nSPS) is 17.4. The smallest absolute Gasteiger partial charge is 0.248 e. The summed E-state index contributed by atoms with van der Waals surface area (Å²) >= 11 is 1.35. The summed E-state index contributed by atoms with van der Waals surface area (Å²) in [5, 5.41) is 10.0. The second-order valence-corrected chi connectivity index (χ2v) is 6.49. The van der Waals surface area contributed by atoms with E-state index in [2.05, 4.69) is 20.8 Å². The number of aliphatic hydroxyl groups is 1. The Labute approximate surface area is 139 Å². The first-order valence-electron chi connectivity index (χ1n) is 7.87. The summed E-state index contributed by atoms with van der Waals surface area (Å²) in [5.41, 5.74) is 2.07. The molecule has 2 aromatic heterocycles. The van der Waals surface area contributed by atoms with Crippen molar-refractivity contribution in [3.63, 3.8) is 0 Å². The van der Waals surface area contributed by atoms with Crippen molar-refractivity contribution >= 4 is 17.4 Å². The third kappa shape index (κ3) is 2.76. The molecule has 1 aliphatic rings. The molecule has 0 fully saturated rings. The highest BCUT2D eigenvalue weighted by atomic mass is 32.1. The summed E-state index contributed by atoms with van der Waals surface area (Å²) in [4.78, 5) is 23.0. The van der Waals surface area contributed by atoms with Crippen LogP contribution in [0.2, 0.25) is 0 Å². The number of aryl methyl sites for hydroxylation is 2. The predicted molar refractivity (Wildman–Crippen MR) is 87.1 cm³/mol. The van der Waals surface area contributed by atoms with Gasteiger partial charge in [0.15, 0.2) is 10.8 Å². The molecule has 0 saturated carbocycles. The number of carbonyl (C=O) groups excluding carboxylic acids is 1. The SMILES string of the molecule is CCCc1nc(-c2nc(C)ns2)n2c1C(C)N(C(=O)CO)CC2. The van der Waals surface area contributed by atoms with Crippen molar-refractivity contribution in [2.24, 2.45) is 0 Å². The summed E-state index contributed by atoms with van der Waals surface area (Å²) in [6.45, 7) is 6.76. The van der Waals surface area contributed by atoms with Crippen LogP contribution >= 0.6 is 11.5 Å². The van der Waals surface area contributed by atoms with Gasteiger partial charge in [-0.05, 0) is 31.8 Å². The van der Waals surface area contributed by atoms with Gasteiger partial charge in [0, 0.05) is 13.1 Å². The van der Waals surface area contributed by atoms with Crippen LogP contribution < -0.4 is 0 Å². The van der Waals surface area contributed by atoms with Gasteiger partial charge in [0.25, 0.3) is 0 Å². The van der Waals surface area contributed by atoms with Crippen LogP contribution in [0.4, 0.5) is 0 Å². The third-order valence-corrected chi connectivity index (χ3v) is 4.97. The average Bonchev–Trinajstić information content (AvgIpc) is 3.12. The van der Waals surface area contributed by atoms with E-state index in [0.29, 0.717) is 13.1 Å². The molecule has 1 N–H and O–H groups in total. The van der Waals surface area contributed by atoms with Crippen LogP contribution in [-0.4, -0.2) is 48.0 Å². The van der Waals surface area contributed by atoms with Crippen molar-refractivity contribution in [3.8, 4) is 10.8 Å². The number of nitrogens with zero attached hydrogens (tertiary/aromatic N) is 5. The first-order chi connectivity index (χ1) is 11.1. The molecule has 2 aromatic rings. The summed E-state index contributed by atoms with van der Waals surface area (Å²) < 4.78 is 6.42. The van der Waals surface area contributed by atoms with E-state index in [1.807, 2.05) is 13.8 Å².